The molecule has 4 nitrogen and oxygen atoms in total. The van der Waals surface area contributed by atoms with E-state index in [1.54, 1.807) is 12.4 Å². The van der Waals surface area contributed by atoms with Crippen molar-refractivity contribution in [1.82, 2.24) is 0 Å². The lowest BCUT2D eigenvalue weighted by Gasteiger charge is -2.26. The summed E-state index contributed by atoms with van der Waals surface area (Å²) in [7, 11) is 0. The van der Waals surface area contributed by atoms with Crippen molar-refractivity contribution in [1.29, 1.82) is 0 Å². The molecule has 0 saturated heterocycles. The molecule has 3 aliphatic rings. The molecular weight excluding hydrogens is 164 g/mol. The minimum atomic E-state index is -0.649. The molecule has 1 atom stereocenters. The number of hydrogen-bond donors (Lipinski definition) is 0. The number of allylic oxidation sites excluding steroid dienone is 2. The van der Waals surface area contributed by atoms with Gasteiger partial charge in [-0.3, -0.25) is 4.99 Å². The molecule has 4 heteroatoms. The van der Waals surface area contributed by atoms with Gasteiger partial charge in [0, 0.05) is 12.4 Å². The Hall–Kier alpha value is -1.84. The van der Waals surface area contributed by atoms with E-state index < -0.39 is 5.66 Å². The van der Waals surface area contributed by atoms with Gasteiger partial charge in [-0.25, -0.2) is 15.0 Å². The highest BCUT2D eigenvalue weighted by atomic mass is 15.2. The second kappa shape index (κ2) is 2.10. The molecule has 0 aromatic heterocycles. The third kappa shape index (κ3) is 0.697. The standard InChI is InChI=1S/C9H6N4/c1-2-7-9(12-5-4-10-7)8(3-1)11-6-13-9/h1-6H. The minimum absolute atomic E-state index is 0.649. The van der Waals surface area contributed by atoms with Crippen LogP contribution in [0.1, 0.15) is 0 Å². The van der Waals surface area contributed by atoms with Crippen LogP contribution < -0.4 is 0 Å². The molecular formula is C9H6N4. The molecule has 0 bridgehead atoms. The Balaban J connectivity index is 2.28. The summed E-state index contributed by atoms with van der Waals surface area (Å²) in [6, 6.07) is 0. The van der Waals surface area contributed by atoms with Gasteiger partial charge in [-0.05, 0) is 12.2 Å². The first-order valence-electron chi connectivity index (χ1n) is 4.00. The van der Waals surface area contributed by atoms with Crippen LogP contribution in [0, 0.1) is 0 Å². The van der Waals surface area contributed by atoms with Gasteiger partial charge in [0.05, 0.1) is 11.4 Å². The molecule has 0 aromatic rings. The lowest BCUT2D eigenvalue weighted by molar-refractivity contribution is 0.704. The van der Waals surface area contributed by atoms with Crippen molar-refractivity contribution >= 4 is 24.5 Å². The molecule has 62 valence electrons. The van der Waals surface area contributed by atoms with Crippen LogP contribution in [0.4, 0.5) is 0 Å². The number of nitrogens with zero attached hydrogens (tertiary/aromatic N) is 4. The Morgan fingerprint density at radius 2 is 2.15 bits per heavy atom. The average Bonchev–Trinajstić information content (AvgIpc) is 2.58. The van der Waals surface area contributed by atoms with Gasteiger partial charge in [-0.15, -0.1) is 0 Å². The highest BCUT2D eigenvalue weighted by Crippen LogP contribution is 2.33. The van der Waals surface area contributed by atoms with Gasteiger partial charge in [0.15, 0.2) is 0 Å². The Morgan fingerprint density at radius 3 is 3.15 bits per heavy atom. The molecule has 1 unspecified atom stereocenters. The summed E-state index contributed by atoms with van der Waals surface area (Å²) >= 11 is 0. The molecule has 0 amide bonds. The molecule has 13 heavy (non-hydrogen) atoms. The van der Waals surface area contributed by atoms with Crippen molar-refractivity contribution in [2.45, 2.75) is 5.66 Å². The van der Waals surface area contributed by atoms with Gasteiger partial charge < -0.3 is 0 Å². The predicted molar refractivity (Wildman–Crippen MR) is 52.9 cm³/mol. The molecule has 1 spiro atoms. The molecule has 0 N–H and O–H groups in total. The van der Waals surface area contributed by atoms with Crippen molar-refractivity contribution in [2.24, 2.45) is 20.0 Å². The Bertz CT molecular complexity index is 437. The first kappa shape index (κ1) is 6.65. The van der Waals surface area contributed by atoms with Crippen LogP contribution in [0.15, 0.2) is 43.9 Å². The quantitative estimate of drug-likeness (QED) is 0.515. The Kier molecular flexibility index (Phi) is 1.07. The SMILES string of the molecule is C1=CC2=NC=NC23N=CC=NC3=C1. The topological polar surface area (TPSA) is 49.4 Å². The minimum Gasteiger partial charge on any atom is -0.255 e. The summed E-state index contributed by atoms with van der Waals surface area (Å²) in [5, 5.41) is 0. The second-order valence-electron chi connectivity index (χ2n) is 2.90. The third-order valence-electron chi connectivity index (χ3n) is 2.21. The van der Waals surface area contributed by atoms with Crippen molar-refractivity contribution in [2.75, 3.05) is 0 Å². The molecule has 0 radical (unpaired) electrons. The fraction of sp³-hybridized carbons (Fsp3) is 0.111. The van der Waals surface area contributed by atoms with Crippen LogP contribution in [0.25, 0.3) is 0 Å². The molecule has 1 aliphatic carbocycles. The average molecular weight is 170 g/mol. The molecule has 0 fully saturated rings. The highest BCUT2D eigenvalue weighted by Gasteiger charge is 2.41. The van der Waals surface area contributed by atoms with Crippen LogP contribution in [0.3, 0.4) is 0 Å². The molecule has 2 heterocycles. The first-order chi connectivity index (χ1) is 6.42. The van der Waals surface area contributed by atoms with E-state index in [0.717, 1.165) is 11.4 Å². The van der Waals surface area contributed by atoms with E-state index in [9.17, 15) is 0 Å². The van der Waals surface area contributed by atoms with Crippen LogP contribution in [-0.2, 0) is 0 Å². The van der Waals surface area contributed by atoms with Gasteiger partial charge in [-0.2, -0.15) is 0 Å². The maximum Gasteiger partial charge on any atom is 0.236 e. The lowest BCUT2D eigenvalue weighted by Crippen LogP contribution is -2.36. The van der Waals surface area contributed by atoms with E-state index >= 15 is 0 Å². The molecule has 0 aromatic carbocycles. The predicted octanol–water partition coefficient (Wildman–Crippen LogP) is 0.774. The Morgan fingerprint density at radius 1 is 1.15 bits per heavy atom. The van der Waals surface area contributed by atoms with Crippen molar-refractivity contribution < 1.29 is 0 Å². The maximum absolute atomic E-state index is 4.32. The third-order valence-corrected chi connectivity index (χ3v) is 2.21. The van der Waals surface area contributed by atoms with Gasteiger partial charge in [0.1, 0.15) is 6.34 Å². The lowest BCUT2D eigenvalue weighted by atomic mass is 9.96. The van der Waals surface area contributed by atoms with E-state index in [2.05, 4.69) is 20.0 Å². The Labute approximate surface area is 74.8 Å². The summed E-state index contributed by atoms with van der Waals surface area (Å²) in [6.45, 7) is 0. The normalized spacial score (nSPS) is 32.6. The van der Waals surface area contributed by atoms with Crippen LogP contribution in [-0.4, -0.2) is 30.1 Å². The van der Waals surface area contributed by atoms with Crippen molar-refractivity contribution in [3.63, 3.8) is 0 Å². The number of rotatable bonds is 0. The van der Waals surface area contributed by atoms with Crippen LogP contribution in [0.5, 0.6) is 0 Å². The second-order valence-corrected chi connectivity index (χ2v) is 2.90. The van der Waals surface area contributed by atoms with Crippen LogP contribution >= 0.6 is 0 Å². The highest BCUT2D eigenvalue weighted by molar-refractivity contribution is 6.21. The number of hydrogen-bond acceptors (Lipinski definition) is 4. The first-order valence-corrected chi connectivity index (χ1v) is 4.00. The summed E-state index contributed by atoms with van der Waals surface area (Å²) in [4.78, 5) is 16.9. The summed E-state index contributed by atoms with van der Waals surface area (Å²) in [6.07, 6.45) is 10.6. The van der Waals surface area contributed by atoms with Crippen molar-refractivity contribution in [3.8, 4) is 0 Å². The summed E-state index contributed by atoms with van der Waals surface area (Å²) < 4.78 is 0. The molecule has 2 aliphatic heterocycles. The van der Waals surface area contributed by atoms with Gasteiger partial charge in [0.2, 0.25) is 5.66 Å². The van der Waals surface area contributed by atoms with Crippen molar-refractivity contribution in [3.05, 3.63) is 23.9 Å². The molecule has 3 rings (SSSR count). The van der Waals surface area contributed by atoms with Gasteiger partial charge >= 0.3 is 0 Å². The maximum atomic E-state index is 4.32. The van der Waals surface area contributed by atoms with E-state index in [-0.39, 0.29) is 0 Å². The van der Waals surface area contributed by atoms with E-state index in [1.807, 2.05) is 18.2 Å². The van der Waals surface area contributed by atoms with E-state index in [0.29, 0.717) is 0 Å². The zero-order valence-corrected chi connectivity index (χ0v) is 6.75. The van der Waals surface area contributed by atoms with Gasteiger partial charge in [0.25, 0.3) is 0 Å². The summed E-state index contributed by atoms with van der Waals surface area (Å²) in [5.74, 6) is 0. The van der Waals surface area contributed by atoms with E-state index in [1.165, 1.54) is 6.34 Å². The monoisotopic (exact) mass is 170 g/mol. The smallest absolute Gasteiger partial charge is 0.236 e. The van der Waals surface area contributed by atoms with E-state index in [4.69, 9.17) is 0 Å². The zero-order valence-electron chi connectivity index (χ0n) is 6.75. The fourth-order valence-electron chi connectivity index (χ4n) is 1.59. The number of aliphatic imine (C=N–C) groups is 4. The summed E-state index contributed by atoms with van der Waals surface area (Å²) in [5.41, 5.74) is 1.03. The molecule has 0 saturated carbocycles. The largest absolute Gasteiger partial charge is 0.255 e. The fourth-order valence-corrected chi connectivity index (χ4v) is 1.59. The zero-order chi connectivity index (χ0) is 8.73. The van der Waals surface area contributed by atoms with Crippen LogP contribution in [0.2, 0.25) is 0 Å². The van der Waals surface area contributed by atoms with Gasteiger partial charge in [-0.1, -0.05) is 6.08 Å².